The summed E-state index contributed by atoms with van der Waals surface area (Å²) in [6, 6.07) is 61.6. The molecule has 5 heterocycles. The van der Waals surface area contributed by atoms with E-state index in [1.807, 2.05) is 24.2 Å². The summed E-state index contributed by atoms with van der Waals surface area (Å²) in [4.78, 5) is 11.4. The van der Waals surface area contributed by atoms with E-state index in [1.54, 1.807) is 0 Å². The standard InChI is InChI=1S/C55H37N5S/c1-3-12-34(13-4-1)50-33-39-22-24-46-51(54(39)61-50)52(35-14-5-2-6-15-35)58-55(57-46)60-48-25-23-38(31-44(48)45-30-36-16-7-8-17-37(36)32-49(45)60)41-19-11-20-43-42-18-9-10-21-47(42)59(53(41)43)40-26-28-56-29-27-40/h1-32,46,50H,33H2,(H,57,58). The van der Waals surface area contributed by atoms with Gasteiger partial charge in [0.05, 0.1) is 33.8 Å². The van der Waals surface area contributed by atoms with Gasteiger partial charge in [0.15, 0.2) is 0 Å². The summed E-state index contributed by atoms with van der Waals surface area (Å²) in [5.74, 6) is 0.826. The van der Waals surface area contributed by atoms with Crippen LogP contribution in [0.1, 0.15) is 22.8 Å². The normalized spacial score (nSPS) is 17.4. The third-order valence-corrected chi connectivity index (χ3v) is 14.2. The van der Waals surface area contributed by atoms with Gasteiger partial charge in [0.1, 0.15) is 0 Å². The van der Waals surface area contributed by atoms with Crippen LogP contribution in [0.25, 0.3) is 76.9 Å². The van der Waals surface area contributed by atoms with Crippen LogP contribution in [0.15, 0.2) is 215 Å². The van der Waals surface area contributed by atoms with Gasteiger partial charge >= 0.3 is 0 Å². The van der Waals surface area contributed by atoms with Crippen LogP contribution in [-0.2, 0) is 0 Å². The highest BCUT2D eigenvalue weighted by Gasteiger charge is 2.37. The molecule has 0 radical (unpaired) electrons. The number of rotatable bonds is 4. The van der Waals surface area contributed by atoms with Crippen LogP contribution < -0.4 is 5.32 Å². The van der Waals surface area contributed by atoms with E-state index in [9.17, 15) is 0 Å². The zero-order valence-corrected chi connectivity index (χ0v) is 33.9. The Morgan fingerprint density at radius 3 is 2.15 bits per heavy atom. The molecule has 0 saturated carbocycles. The van der Waals surface area contributed by atoms with Crippen molar-refractivity contribution < 1.29 is 0 Å². The SMILES string of the molecule is C1=CC2NC(n3c4ccc(-c5cccc6c7ccccc7n(-c7ccncc7)c56)cc4c4cc5ccccc5cc43)=NC(c3ccccc3)=C2C2=C1CC(c1ccccc1)S2. The van der Waals surface area contributed by atoms with Crippen molar-refractivity contribution in [2.24, 2.45) is 4.99 Å². The minimum Gasteiger partial charge on any atom is -0.345 e. The maximum Gasteiger partial charge on any atom is 0.209 e. The Hall–Kier alpha value is -7.41. The maximum absolute atomic E-state index is 5.67. The molecule has 6 heteroatoms. The molecule has 1 aliphatic carbocycles. The first kappa shape index (κ1) is 34.5. The third kappa shape index (κ3) is 5.35. The highest BCUT2D eigenvalue weighted by Crippen LogP contribution is 2.55. The number of nitrogens with one attached hydrogen (secondary N) is 1. The average Bonchev–Trinajstić information content (AvgIpc) is 4.01. The quantitative estimate of drug-likeness (QED) is 0.193. The van der Waals surface area contributed by atoms with Crippen LogP contribution in [0.2, 0.25) is 0 Å². The molecule has 2 atom stereocenters. The van der Waals surface area contributed by atoms with Crippen LogP contribution in [0.3, 0.4) is 0 Å². The van der Waals surface area contributed by atoms with E-state index < -0.39 is 0 Å². The summed E-state index contributed by atoms with van der Waals surface area (Å²) >= 11 is 1.99. The summed E-state index contributed by atoms with van der Waals surface area (Å²) in [6.45, 7) is 0. The van der Waals surface area contributed by atoms with E-state index in [0.29, 0.717) is 5.25 Å². The number of nitrogens with zero attached hydrogens (tertiary/aromatic N) is 4. The van der Waals surface area contributed by atoms with Gasteiger partial charge in [-0.3, -0.25) is 9.55 Å². The predicted molar refractivity (Wildman–Crippen MR) is 255 cm³/mol. The largest absolute Gasteiger partial charge is 0.345 e. The van der Waals surface area contributed by atoms with Gasteiger partial charge in [0, 0.05) is 66.5 Å². The Morgan fingerprint density at radius 2 is 1.30 bits per heavy atom. The van der Waals surface area contributed by atoms with Gasteiger partial charge < -0.3 is 9.88 Å². The number of fused-ring (bicyclic) bond motifs is 9. The fourth-order valence-corrected chi connectivity index (χ4v) is 11.5. The summed E-state index contributed by atoms with van der Waals surface area (Å²) < 4.78 is 4.75. The number of hydrogen-bond acceptors (Lipinski definition) is 4. The maximum atomic E-state index is 5.67. The van der Waals surface area contributed by atoms with E-state index in [4.69, 9.17) is 4.99 Å². The molecule has 3 aliphatic rings. The molecule has 7 aromatic carbocycles. The Bertz CT molecular complexity index is 3560. The first-order valence-corrected chi connectivity index (χ1v) is 21.8. The second-order valence-electron chi connectivity index (χ2n) is 16.2. The van der Waals surface area contributed by atoms with Crippen molar-refractivity contribution in [1.29, 1.82) is 0 Å². The number of pyridine rings is 1. The molecule has 0 amide bonds. The lowest BCUT2D eigenvalue weighted by molar-refractivity contribution is 0.796. The van der Waals surface area contributed by atoms with Gasteiger partial charge in [-0.15, -0.1) is 11.8 Å². The molecule has 2 unspecified atom stereocenters. The minimum absolute atomic E-state index is 0.0385. The molecule has 0 fully saturated rings. The van der Waals surface area contributed by atoms with Crippen molar-refractivity contribution in [3.05, 3.63) is 222 Å². The van der Waals surface area contributed by atoms with E-state index in [1.165, 1.54) is 70.5 Å². The molecular formula is C55H37N5S. The van der Waals surface area contributed by atoms with Crippen LogP contribution >= 0.6 is 11.8 Å². The Morgan fingerprint density at radius 1 is 0.574 bits per heavy atom. The fraction of sp³-hybridized carbons (Fsp3) is 0.0545. The number of para-hydroxylation sites is 2. The zero-order valence-electron chi connectivity index (χ0n) is 33.0. The van der Waals surface area contributed by atoms with Gasteiger partial charge in [-0.1, -0.05) is 140 Å². The fourth-order valence-electron chi connectivity index (χ4n) is 9.99. The predicted octanol–water partition coefficient (Wildman–Crippen LogP) is 13.4. The lowest BCUT2D eigenvalue weighted by atomic mass is 9.90. The summed E-state index contributed by atoms with van der Waals surface area (Å²) in [7, 11) is 0. The summed E-state index contributed by atoms with van der Waals surface area (Å²) in [5, 5.41) is 11.6. The third-order valence-electron chi connectivity index (χ3n) is 12.7. The van der Waals surface area contributed by atoms with Gasteiger partial charge in [-0.2, -0.15) is 0 Å². The molecule has 0 spiro atoms. The topological polar surface area (TPSA) is 47.1 Å². The monoisotopic (exact) mass is 799 g/mol. The summed E-state index contributed by atoms with van der Waals surface area (Å²) in [5.41, 5.74) is 14.2. The van der Waals surface area contributed by atoms with Crippen molar-refractivity contribution in [3.8, 4) is 16.8 Å². The molecule has 1 N–H and O–H groups in total. The van der Waals surface area contributed by atoms with Gasteiger partial charge in [0.2, 0.25) is 5.96 Å². The van der Waals surface area contributed by atoms with Crippen LogP contribution in [0, 0.1) is 0 Å². The Kier molecular flexibility index (Phi) is 7.66. The number of aromatic nitrogens is 3. The smallest absolute Gasteiger partial charge is 0.209 e. The molecule has 5 nitrogen and oxygen atoms in total. The zero-order chi connectivity index (χ0) is 40.0. The molecule has 0 bridgehead atoms. The molecule has 288 valence electrons. The van der Waals surface area contributed by atoms with Crippen molar-refractivity contribution in [3.63, 3.8) is 0 Å². The molecule has 2 aliphatic heterocycles. The number of aliphatic imine (C=N–C) groups is 1. The first-order valence-electron chi connectivity index (χ1n) is 20.9. The average molecular weight is 800 g/mol. The van der Waals surface area contributed by atoms with Gasteiger partial charge in [-0.25, -0.2) is 4.99 Å². The highest BCUT2D eigenvalue weighted by atomic mass is 32.2. The van der Waals surface area contributed by atoms with Gasteiger partial charge in [-0.05, 0) is 76.4 Å². The number of hydrogen-bond donors (Lipinski definition) is 1. The molecule has 0 saturated heterocycles. The lowest BCUT2D eigenvalue weighted by Crippen LogP contribution is -2.42. The van der Waals surface area contributed by atoms with E-state index >= 15 is 0 Å². The number of allylic oxidation sites excluding steroid dienone is 2. The van der Waals surface area contributed by atoms with E-state index in [-0.39, 0.29) is 6.04 Å². The Balaban J connectivity index is 1.04. The van der Waals surface area contributed by atoms with Crippen molar-refractivity contribution >= 4 is 77.8 Å². The molecule has 13 rings (SSSR count). The lowest BCUT2D eigenvalue weighted by Gasteiger charge is -2.31. The Labute approximate surface area is 356 Å². The number of benzene rings is 7. The molecular weight excluding hydrogens is 763 g/mol. The highest BCUT2D eigenvalue weighted by molar-refractivity contribution is 8.03. The van der Waals surface area contributed by atoms with Crippen molar-refractivity contribution in [1.82, 2.24) is 19.4 Å². The van der Waals surface area contributed by atoms with Crippen molar-refractivity contribution in [2.75, 3.05) is 0 Å². The van der Waals surface area contributed by atoms with Crippen molar-refractivity contribution in [2.45, 2.75) is 17.7 Å². The van der Waals surface area contributed by atoms with Crippen LogP contribution in [-0.4, -0.2) is 26.1 Å². The first-order chi connectivity index (χ1) is 30.2. The van der Waals surface area contributed by atoms with Crippen LogP contribution in [0.5, 0.6) is 0 Å². The summed E-state index contributed by atoms with van der Waals surface area (Å²) in [6.07, 6.45) is 9.47. The minimum atomic E-state index is -0.0385. The van der Waals surface area contributed by atoms with E-state index in [0.717, 1.165) is 45.9 Å². The van der Waals surface area contributed by atoms with Crippen LogP contribution in [0.4, 0.5) is 0 Å². The molecule has 61 heavy (non-hydrogen) atoms. The number of thioether (sulfide) groups is 1. The second kappa shape index (κ2) is 13.6. The molecule has 3 aromatic heterocycles. The second-order valence-corrected chi connectivity index (χ2v) is 17.4. The molecule has 10 aromatic rings. The van der Waals surface area contributed by atoms with E-state index in [2.05, 4.69) is 201 Å². The van der Waals surface area contributed by atoms with Gasteiger partial charge in [0.25, 0.3) is 0 Å².